The number of rotatable bonds is 4. The number of furan rings is 1. The maximum absolute atomic E-state index is 6.50. The molecular weight excluding hydrogens is 641 g/mol. The van der Waals surface area contributed by atoms with Gasteiger partial charge < -0.3 is 4.42 Å². The van der Waals surface area contributed by atoms with Gasteiger partial charge in [-0.15, -0.1) is 0 Å². The first-order chi connectivity index (χ1) is 26.3. The molecule has 0 bridgehead atoms. The van der Waals surface area contributed by atoms with Crippen LogP contribution in [-0.4, -0.2) is 0 Å². The van der Waals surface area contributed by atoms with Gasteiger partial charge in [-0.1, -0.05) is 170 Å². The zero-order chi connectivity index (χ0) is 34.9. The van der Waals surface area contributed by atoms with E-state index in [0.29, 0.717) is 0 Å². The molecule has 0 aliphatic rings. The summed E-state index contributed by atoms with van der Waals surface area (Å²) >= 11 is 0. The van der Waals surface area contributed by atoms with E-state index in [9.17, 15) is 0 Å². The highest BCUT2D eigenvalue weighted by molar-refractivity contribution is 6.23. The molecule has 0 radical (unpaired) electrons. The van der Waals surface area contributed by atoms with Crippen LogP contribution in [0.3, 0.4) is 0 Å². The van der Waals surface area contributed by atoms with E-state index in [1.54, 1.807) is 0 Å². The van der Waals surface area contributed by atoms with E-state index in [2.05, 4.69) is 194 Å². The molecule has 1 aromatic heterocycles. The van der Waals surface area contributed by atoms with Gasteiger partial charge >= 0.3 is 0 Å². The molecule has 0 aliphatic carbocycles. The van der Waals surface area contributed by atoms with Gasteiger partial charge in [-0.25, -0.2) is 0 Å². The normalized spacial score (nSPS) is 11.8. The summed E-state index contributed by atoms with van der Waals surface area (Å²) in [6, 6.07) is 70.6. The highest BCUT2D eigenvalue weighted by Gasteiger charge is 2.19. The van der Waals surface area contributed by atoms with Gasteiger partial charge in [0.15, 0.2) is 0 Å². The summed E-state index contributed by atoms with van der Waals surface area (Å²) in [6.07, 6.45) is 0. The summed E-state index contributed by atoms with van der Waals surface area (Å²) < 4.78 is 6.50. The number of hydrogen-bond acceptors (Lipinski definition) is 1. The lowest BCUT2D eigenvalue weighted by molar-refractivity contribution is 0.672. The van der Waals surface area contributed by atoms with Crippen molar-refractivity contribution in [2.45, 2.75) is 0 Å². The second kappa shape index (κ2) is 11.8. The zero-order valence-electron chi connectivity index (χ0n) is 28.9. The first-order valence-corrected chi connectivity index (χ1v) is 18.3. The van der Waals surface area contributed by atoms with Crippen molar-refractivity contribution in [1.82, 2.24) is 0 Å². The fourth-order valence-corrected chi connectivity index (χ4v) is 8.57. The molecule has 11 aromatic rings. The summed E-state index contributed by atoms with van der Waals surface area (Å²) in [4.78, 5) is 0. The lowest BCUT2D eigenvalue weighted by Crippen LogP contribution is -1.91. The third kappa shape index (κ3) is 4.71. The molecule has 0 unspecified atom stereocenters. The first-order valence-electron chi connectivity index (χ1n) is 18.3. The topological polar surface area (TPSA) is 13.1 Å². The van der Waals surface area contributed by atoms with E-state index in [1.165, 1.54) is 82.2 Å². The summed E-state index contributed by atoms with van der Waals surface area (Å²) in [5.74, 6) is 0. The Labute approximate surface area is 307 Å². The minimum absolute atomic E-state index is 0.910. The summed E-state index contributed by atoms with van der Waals surface area (Å²) in [6.45, 7) is 0. The molecule has 0 N–H and O–H groups in total. The molecular formula is C52H32O. The molecule has 0 saturated heterocycles. The summed E-state index contributed by atoms with van der Waals surface area (Å²) in [5, 5.41) is 12.1. The van der Waals surface area contributed by atoms with Crippen LogP contribution in [0.5, 0.6) is 0 Å². The van der Waals surface area contributed by atoms with Crippen molar-refractivity contribution in [3.8, 4) is 44.5 Å². The molecule has 1 nitrogen and oxygen atoms in total. The Kier molecular flexibility index (Phi) is 6.62. The van der Waals surface area contributed by atoms with Crippen molar-refractivity contribution in [2.75, 3.05) is 0 Å². The molecule has 1 heteroatoms. The maximum atomic E-state index is 6.50. The fraction of sp³-hybridized carbons (Fsp3) is 0. The Morgan fingerprint density at radius 1 is 0.264 bits per heavy atom. The van der Waals surface area contributed by atoms with E-state index in [4.69, 9.17) is 4.42 Å². The second-order valence-corrected chi connectivity index (χ2v) is 14.0. The quantitative estimate of drug-likeness (QED) is 0.170. The van der Waals surface area contributed by atoms with Gasteiger partial charge in [-0.3, -0.25) is 0 Å². The van der Waals surface area contributed by atoms with Crippen LogP contribution in [0.4, 0.5) is 0 Å². The van der Waals surface area contributed by atoms with Crippen molar-refractivity contribution in [2.24, 2.45) is 0 Å². The summed E-state index contributed by atoms with van der Waals surface area (Å²) in [7, 11) is 0. The average molecular weight is 673 g/mol. The largest absolute Gasteiger partial charge is 0.455 e. The van der Waals surface area contributed by atoms with E-state index >= 15 is 0 Å². The highest BCUT2D eigenvalue weighted by Crippen LogP contribution is 2.45. The lowest BCUT2D eigenvalue weighted by atomic mass is 9.85. The maximum Gasteiger partial charge on any atom is 0.143 e. The Bertz CT molecular complexity index is 3160. The van der Waals surface area contributed by atoms with Gasteiger partial charge in [0.1, 0.15) is 11.2 Å². The van der Waals surface area contributed by atoms with Gasteiger partial charge in [0.05, 0.1) is 0 Å². The van der Waals surface area contributed by atoms with Gasteiger partial charge in [-0.05, 0) is 106 Å². The first kappa shape index (κ1) is 29.7. The average Bonchev–Trinajstić information content (AvgIpc) is 3.61. The Morgan fingerprint density at radius 2 is 0.755 bits per heavy atom. The van der Waals surface area contributed by atoms with Crippen molar-refractivity contribution in [3.63, 3.8) is 0 Å². The molecule has 1 heterocycles. The Balaban J connectivity index is 1.07. The van der Waals surface area contributed by atoms with E-state index in [1.807, 2.05) is 0 Å². The second-order valence-electron chi connectivity index (χ2n) is 14.0. The number of hydrogen-bond donors (Lipinski definition) is 0. The van der Waals surface area contributed by atoms with Crippen LogP contribution in [-0.2, 0) is 0 Å². The molecule has 246 valence electrons. The van der Waals surface area contributed by atoms with Crippen LogP contribution in [0, 0.1) is 0 Å². The SMILES string of the molecule is c1ccc(-c2ccc3ccccc3c2)c(-c2ccc(-c3c4ccccc4c(-c4ccc5oc6c7ccccc7ccc6c5c4)c4ccccc34)cc2)c1. The van der Waals surface area contributed by atoms with Crippen LogP contribution in [0.1, 0.15) is 0 Å². The Morgan fingerprint density at radius 3 is 1.45 bits per heavy atom. The van der Waals surface area contributed by atoms with Gasteiger partial charge in [0.25, 0.3) is 0 Å². The van der Waals surface area contributed by atoms with Gasteiger partial charge in [0, 0.05) is 16.2 Å². The molecule has 0 fully saturated rings. The molecule has 10 aromatic carbocycles. The van der Waals surface area contributed by atoms with Gasteiger partial charge in [-0.2, -0.15) is 0 Å². The third-order valence-corrected chi connectivity index (χ3v) is 11.1. The van der Waals surface area contributed by atoms with Crippen LogP contribution in [0.15, 0.2) is 199 Å². The fourth-order valence-electron chi connectivity index (χ4n) is 8.57. The Hall–Kier alpha value is -6.96. The lowest BCUT2D eigenvalue weighted by Gasteiger charge is -2.18. The number of benzene rings is 10. The van der Waals surface area contributed by atoms with Crippen molar-refractivity contribution in [3.05, 3.63) is 194 Å². The highest BCUT2D eigenvalue weighted by atomic mass is 16.3. The molecule has 0 aliphatic heterocycles. The predicted octanol–water partition coefficient (Wildman–Crippen LogP) is 14.9. The molecule has 53 heavy (non-hydrogen) atoms. The van der Waals surface area contributed by atoms with E-state index in [-0.39, 0.29) is 0 Å². The molecule has 11 rings (SSSR count). The van der Waals surface area contributed by atoms with Crippen LogP contribution >= 0.6 is 0 Å². The zero-order valence-corrected chi connectivity index (χ0v) is 28.9. The standard InChI is InChI=1S/C52H32O/c1-2-13-37-31-38(26-21-33(37)11-1)41-15-6-5-14-40(41)35-22-24-36(25-23-35)50-43-17-7-9-19-45(43)51(46-20-10-8-18-44(46)50)39-28-30-49-48(32-39)47-29-27-34-12-3-4-16-42(34)52(47)53-49/h1-32H. The minimum atomic E-state index is 0.910. The van der Waals surface area contributed by atoms with Gasteiger partial charge in [0.2, 0.25) is 0 Å². The van der Waals surface area contributed by atoms with Crippen molar-refractivity contribution < 1.29 is 4.42 Å². The minimum Gasteiger partial charge on any atom is -0.455 e. The smallest absolute Gasteiger partial charge is 0.143 e. The molecule has 0 amide bonds. The van der Waals surface area contributed by atoms with Crippen LogP contribution < -0.4 is 0 Å². The van der Waals surface area contributed by atoms with E-state index in [0.717, 1.165) is 27.3 Å². The van der Waals surface area contributed by atoms with Crippen LogP contribution in [0.25, 0.3) is 110 Å². The summed E-state index contributed by atoms with van der Waals surface area (Å²) in [5.41, 5.74) is 11.7. The van der Waals surface area contributed by atoms with Crippen molar-refractivity contribution in [1.29, 1.82) is 0 Å². The van der Waals surface area contributed by atoms with E-state index < -0.39 is 0 Å². The molecule has 0 spiro atoms. The molecule has 0 saturated carbocycles. The third-order valence-electron chi connectivity index (χ3n) is 11.1. The molecule has 0 atom stereocenters. The number of fused-ring (bicyclic) bond motifs is 8. The van der Waals surface area contributed by atoms with Crippen LogP contribution in [0.2, 0.25) is 0 Å². The van der Waals surface area contributed by atoms with Crippen molar-refractivity contribution >= 4 is 65.0 Å². The predicted molar refractivity (Wildman–Crippen MR) is 225 cm³/mol. The monoisotopic (exact) mass is 672 g/mol.